The van der Waals surface area contributed by atoms with Crippen molar-refractivity contribution >= 4 is 27.5 Å². The van der Waals surface area contributed by atoms with Crippen LogP contribution in [-0.2, 0) is 32.3 Å². The van der Waals surface area contributed by atoms with E-state index in [2.05, 4.69) is 5.32 Å². The summed E-state index contributed by atoms with van der Waals surface area (Å²) in [5, 5.41) is 2.89. The number of sulfonamides is 1. The van der Waals surface area contributed by atoms with E-state index in [-0.39, 0.29) is 49.4 Å². The van der Waals surface area contributed by atoms with Crippen molar-refractivity contribution < 1.29 is 31.2 Å². The molecule has 0 aromatic heterocycles. The molecule has 2 rings (SSSR count). The number of nitrogens with one attached hydrogen (secondary N) is 1. The van der Waals surface area contributed by atoms with Crippen molar-refractivity contribution in [2.24, 2.45) is 5.92 Å². The van der Waals surface area contributed by atoms with Crippen molar-refractivity contribution in [1.82, 2.24) is 10.2 Å². The molecule has 0 heterocycles. The Morgan fingerprint density at radius 1 is 1.05 bits per heavy atom. The highest BCUT2D eigenvalue weighted by Crippen LogP contribution is 2.32. The van der Waals surface area contributed by atoms with Gasteiger partial charge in [0.05, 0.1) is 17.5 Å². The van der Waals surface area contributed by atoms with Gasteiger partial charge in [0.25, 0.3) is 0 Å². The van der Waals surface area contributed by atoms with Crippen molar-refractivity contribution in [2.75, 3.05) is 23.7 Å². The fraction of sp³-hybridized carbons (Fsp3) is 0.500. The normalized spacial score (nSPS) is 12.7. The van der Waals surface area contributed by atoms with Crippen LogP contribution in [0.5, 0.6) is 0 Å². The molecule has 0 saturated carbocycles. The lowest BCUT2D eigenvalue weighted by atomic mass is 10.0. The number of hydrogen-bond acceptors (Lipinski definition) is 4. The third-order valence-corrected chi connectivity index (χ3v) is 7.48. The molecule has 1 N–H and O–H groups in total. The first kappa shape index (κ1) is 32.1. The van der Waals surface area contributed by atoms with Crippen LogP contribution in [0, 0.1) is 12.8 Å². The molecule has 0 radical (unpaired) electrons. The Kier molecular flexibility index (Phi) is 11.4. The number of alkyl halides is 3. The van der Waals surface area contributed by atoms with E-state index in [0.717, 1.165) is 39.9 Å². The summed E-state index contributed by atoms with van der Waals surface area (Å²) in [7, 11) is -3.93. The molecule has 2 aromatic rings. The molecule has 216 valence electrons. The number of aryl methyl sites for hydroxylation is 1. The first-order valence-electron chi connectivity index (χ1n) is 12.9. The highest BCUT2D eigenvalue weighted by atomic mass is 32.2. The first-order valence-corrected chi connectivity index (χ1v) is 14.8. The molecule has 2 amide bonds. The van der Waals surface area contributed by atoms with Gasteiger partial charge in [-0.1, -0.05) is 51.1 Å². The standard InChI is InChI=1S/C28H38F3N3O4S/c1-6-25(27(36)32-18-20(2)3)33(19-22-12-8-7-11-21(22)4)26(35)15-10-16-34(39(5,37)38)24-14-9-13-23(17-24)28(29,30)31/h7-9,11-14,17,20,25H,6,10,15-16,18-19H2,1-5H3,(H,32,36). The summed E-state index contributed by atoms with van der Waals surface area (Å²) in [6.07, 6.45) is -3.38. The van der Waals surface area contributed by atoms with E-state index < -0.39 is 27.8 Å². The molecule has 0 spiro atoms. The average Bonchev–Trinajstić information content (AvgIpc) is 2.85. The minimum atomic E-state index is -4.63. The maximum atomic E-state index is 13.5. The quantitative estimate of drug-likeness (QED) is 0.362. The van der Waals surface area contributed by atoms with Gasteiger partial charge in [0.15, 0.2) is 0 Å². The zero-order valence-corrected chi connectivity index (χ0v) is 23.9. The molecule has 1 unspecified atom stereocenters. The number of hydrogen-bond donors (Lipinski definition) is 1. The van der Waals surface area contributed by atoms with Crippen LogP contribution in [0.25, 0.3) is 0 Å². The zero-order chi connectivity index (χ0) is 29.4. The summed E-state index contributed by atoms with van der Waals surface area (Å²) >= 11 is 0. The molecule has 11 heteroatoms. The van der Waals surface area contributed by atoms with E-state index in [1.165, 1.54) is 11.0 Å². The fourth-order valence-corrected chi connectivity index (χ4v) is 5.11. The van der Waals surface area contributed by atoms with Crippen LogP contribution < -0.4 is 9.62 Å². The van der Waals surface area contributed by atoms with Crippen LogP contribution in [0.2, 0.25) is 0 Å². The van der Waals surface area contributed by atoms with Crippen molar-refractivity contribution in [1.29, 1.82) is 0 Å². The number of carbonyl (C=O) groups is 2. The second-order valence-corrected chi connectivity index (χ2v) is 11.9. The van der Waals surface area contributed by atoms with Gasteiger partial charge in [-0.2, -0.15) is 13.2 Å². The molecule has 0 bridgehead atoms. The second kappa shape index (κ2) is 13.8. The monoisotopic (exact) mass is 569 g/mol. The summed E-state index contributed by atoms with van der Waals surface area (Å²) in [4.78, 5) is 28.0. The van der Waals surface area contributed by atoms with Crippen LogP contribution in [0.4, 0.5) is 18.9 Å². The van der Waals surface area contributed by atoms with Crippen LogP contribution in [0.1, 0.15) is 56.7 Å². The molecule has 39 heavy (non-hydrogen) atoms. The van der Waals surface area contributed by atoms with Gasteiger partial charge in [0, 0.05) is 26.1 Å². The van der Waals surface area contributed by atoms with Gasteiger partial charge in [0.1, 0.15) is 6.04 Å². The Morgan fingerprint density at radius 2 is 1.72 bits per heavy atom. The molecular formula is C28H38F3N3O4S. The van der Waals surface area contributed by atoms with Gasteiger partial charge >= 0.3 is 6.18 Å². The maximum absolute atomic E-state index is 13.5. The molecule has 0 aliphatic heterocycles. The summed E-state index contributed by atoms with van der Waals surface area (Å²) in [5.41, 5.74) is 0.742. The minimum absolute atomic E-state index is 0.0521. The maximum Gasteiger partial charge on any atom is 0.416 e. The molecule has 7 nitrogen and oxygen atoms in total. The van der Waals surface area contributed by atoms with Crippen LogP contribution in [0.15, 0.2) is 48.5 Å². The molecule has 1 atom stereocenters. The van der Waals surface area contributed by atoms with E-state index in [0.29, 0.717) is 13.0 Å². The highest BCUT2D eigenvalue weighted by molar-refractivity contribution is 7.92. The van der Waals surface area contributed by atoms with Crippen molar-refractivity contribution in [2.45, 2.75) is 65.7 Å². The number of nitrogens with zero attached hydrogens (tertiary/aromatic N) is 2. The molecule has 2 aromatic carbocycles. The van der Waals surface area contributed by atoms with Crippen molar-refractivity contribution in [3.63, 3.8) is 0 Å². The number of carbonyl (C=O) groups excluding carboxylic acids is 2. The SMILES string of the molecule is CCC(C(=O)NCC(C)C)N(Cc1ccccc1C)C(=O)CCCN(c1cccc(C(F)(F)F)c1)S(C)(=O)=O. The Balaban J connectivity index is 2.26. The fourth-order valence-electron chi connectivity index (χ4n) is 4.15. The second-order valence-electron chi connectivity index (χ2n) is 10.00. The smallest absolute Gasteiger partial charge is 0.354 e. The van der Waals surface area contributed by atoms with Crippen LogP contribution in [-0.4, -0.2) is 50.5 Å². The van der Waals surface area contributed by atoms with E-state index in [9.17, 15) is 31.2 Å². The predicted octanol–water partition coefficient (Wildman–Crippen LogP) is 5.14. The average molecular weight is 570 g/mol. The minimum Gasteiger partial charge on any atom is -0.354 e. The summed E-state index contributed by atoms with van der Waals surface area (Å²) in [6.45, 7) is 8.13. The largest absolute Gasteiger partial charge is 0.416 e. The van der Waals surface area contributed by atoms with E-state index in [1.54, 1.807) is 0 Å². The number of amides is 2. The lowest BCUT2D eigenvalue weighted by molar-refractivity contribution is -0.141. The van der Waals surface area contributed by atoms with Gasteiger partial charge in [0.2, 0.25) is 21.8 Å². The van der Waals surface area contributed by atoms with Gasteiger partial charge < -0.3 is 10.2 Å². The number of benzene rings is 2. The van der Waals surface area contributed by atoms with Crippen LogP contribution in [0.3, 0.4) is 0 Å². The molecule has 0 fully saturated rings. The van der Waals surface area contributed by atoms with E-state index >= 15 is 0 Å². The lowest BCUT2D eigenvalue weighted by Gasteiger charge is -2.31. The number of halogens is 3. The first-order chi connectivity index (χ1) is 18.1. The third-order valence-electron chi connectivity index (χ3n) is 6.29. The van der Waals surface area contributed by atoms with Gasteiger partial charge in [-0.05, 0) is 55.0 Å². The highest BCUT2D eigenvalue weighted by Gasteiger charge is 2.32. The molecule has 0 aliphatic carbocycles. The Hall–Kier alpha value is -3.08. The van der Waals surface area contributed by atoms with Crippen molar-refractivity contribution in [3.05, 3.63) is 65.2 Å². The summed E-state index contributed by atoms with van der Waals surface area (Å²) < 4.78 is 65.4. The van der Waals surface area contributed by atoms with Gasteiger partial charge in [-0.3, -0.25) is 13.9 Å². The summed E-state index contributed by atoms with van der Waals surface area (Å²) in [6, 6.07) is 10.9. The van der Waals surface area contributed by atoms with Crippen LogP contribution >= 0.6 is 0 Å². The molecular weight excluding hydrogens is 531 g/mol. The number of rotatable bonds is 13. The topological polar surface area (TPSA) is 86.8 Å². The van der Waals surface area contributed by atoms with Gasteiger partial charge in [-0.25, -0.2) is 8.42 Å². The van der Waals surface area contributed by atoms with Crippen molar-refractivity contribution in [3.8, 4) is 0 Å². The zero-order valence-electron chi connectivity index (χ0n) is 23.1. The Morgan fingerprint density at radius 3 is 2.28 bits per heavy atom. The molecule has 0 aliphatic rings. The Bertz CT molecular complexity index is 1230. The molecule has 0 saturated heterocycles. The lowest BCUT2D eigenvalue weighted by Crippen LogP contribution is -2.49. The van der Waals surface area contributed by atoms with E-state index in [1.807, 2.05) is 52.0 Å². The van der Waals surface area contributed by atoms with Gasteiger partial charge in [-0.15, -0.1) is 0 Å². The van der Waals surface area contributed by atoms with E-state index in [4.69, 9.17) is 0 Å². The number of anilines is 1. The third kappa shape index (κ3) is 9.56. The Labute approximate surface area is 229 Å². The summed E-state index contributed by atoms with van der Waals surface area (Å²) in [5.74, 6) is -0.387. The predicted molar refractivity (Wildman–Crippen MR) is 147 cm³/mol.